The monoisotopic (exact) mass is 406 g/mol. The van der Waals surface area contributed by atoms with Crippen molar-refractivity contribution in [1.82, 2.24) is 15.5 Å². The Morgan fingerprint density at radius 1 is 0.929 bits per heavy atom. The van der Waals surface area contributed by atoms with Crippen LogP contribution in [0.2, 0.25) is 0 Å². The molecule has 2 N–H and O–H groups in total. The lowest BCUT2D eigenvalue weighted by molar-refractivity contribution is -0.134. The normalized spacial score (nSPS) is 24.6. The average Bonchev–Trinajstić information content (AvgIpc) is 2.70. The summed E-state index contributed by atoms with van der Waals surface area (Å²) in [5.74, 6) is 0.338. The summed E-state index contributed by atoms with van der Waals surface area (Å²) >= 11 is 0. The number of piperazine rings is 1. The average molecular weight is 407 g/mol. The van der Waals surface area contributed by atoms with Gasteiger partial charge in [-0.25, -0.2) is 0 Å². The van der Waals surface area contributed by atoms with E-state index >= 15 is 0 Å². The molecule has 3 heterocycles. The first-order valence-corrected chi connectivity index (χ1v) is 10.3. The van der Waals surface area contributed by atoms with Gasteiger partial charge in [0, 0.05) is 44.8 Å². The number of carbonyl (C=O) groups is 2. The minimum absolute atomic E-state index is 0. The SMILES string of the molecule is Cl.O=C1CCC(c2ccc(N3CCN(CC4CCNCC4)CC3)cc2)C(=O)N1. The molecule has 1 unspecified atom stereocenters. The standard InChI is InChI=1S/C21H30N4O2.ClH/c26-20-6-5-19(21(27)23-20)17-1-3-18(4-2-17)25-13-11-24(12-14-25)15-16-7-9-22-10-8-16;/h1-4,16,19,22H,5-15H2,(H,23,26,27);1H. The second-order valence-electron chi connectivity index (χ2n) is 8.08. The third-order valence-corrected chi connectivity index (χ3v) is 6.25. The maximum atomic E-state index is 12.0. The van der Waals surface area contributed by atoms with Gasteiger partial charge in [-0.05, 0) is 56.0 Å². The Bertz CT molecular complexity index is 667. The van der Waals surface area contributed by atoms with Gasteiger partial charge in [0.25, 0.3) is 0 Å². The minimum atomic E-state index is -0.196. The summed E-state index contributed by atoms with van der Waals surface area (Å²) < 4.78 is 0. The molecule has 28 heavy (non-hydrogen) atoms. The smallest absolute Gasteiger partial charge is 0.234 e. The van der Waals surface area contributed by atoms with Crippen molar-refractivity contribution in [1.29, 1.82) is 0 Å². The highest BCUT2D eigenvalue weighted by Crippen LogP contribution is 2.27. The van der Waals surface area contributed by atoms with Crippen LogP contribution in [0.1, 0.15) is 37.2 Å². The van der Waals surface area contributed by atoms with Gasteiger partial charge in [-0.1, -0.05) is 12.1 Å². The zero-order valence-corrected chi connectivity index (χ0v) is 17.2. The largest absolute Gasteiger partial charge is 0.369 e. The molecule has 0 spiro atoms. The van der Waals surface area contributed by atoms with Gasteiger partial charge in [-0.3, -0.25) is 19.8 Å². The van der Waals surface area contributed by atoms with Crippen LogP contribution in [0.5, 0.6) is 0 Å². The zero-order valence-electron chi connectivity index (χ0n) is 16.4. The highest BCUT2D eigenvalue weighted by molar-refractivity contribution is 6.00. The van der Waals surface area contributed by atoms with Crippen LogP contribution in [-0.4, -0.2) is 62.5 Å². The second-order valence-corrected chi connectivity index (χ2v) is 8.08. The summed E-state index contributed by atoms with van der Waals surface area (Å²) in [6.07, 6.45) is 3.65. The summed E-state index contributed by atoms with van der Waals surface area (Å²) in [5.41, 5.74) is 2.24. The number of hydrogen-bond acceptors (Lipinski definition) is 5. The maximum absolute atomic E-state index is 12.0. The van der Waals surface area contributed by atoms with Crippen molar-refractivity contribution in [2.24, 2.45) is 5.92 Å². The molecule has 1 aromatic rings. The van der Waals surface area contributed by atoms with Crippen LogP contribution >= 0.6 is 12.4 Å². The molecule has 4 rings (SSSR count). The summed E-state index contributed by atoms with van der Waals surface area (Å²) in [5, 5.41) is 5.89. The van der Waals surface area contributed by atoms with Crippen LogP contribution in [0.15, 0.2) is 24.3 Å². The van der Waals surface area contributed by atoms with E-state index in [9.17, 15) is 9.59 Å². The third-order valence-electron chi connectivity index (χ3n) is 6.25. The van der Waals surface area contributed by atoms with Gasteiger partial charge in [0.05, 0.1) is 5.92 Å². The van der Waals surface area contributed by atoms with Crippen LogP contribution in [0.4, 0.5) is 5.69 Å². The molecule has 2 amide bonds. The molecule has 0 aliphatic carbocycles. The van der Waals surface area contributed by atoms with Crippen LogP contribution in [-0.2, 0) is 9.59 Å². The molecule has 0 radical (unpaired) electrons. The van der Waals surface area contributed by atoms with E-state index in [1.165, 1.54) is 38.2 Å². The van der Waals surface area contributed by atoms with Crippen molar-refractivity contribution in [2.75, 3.05) is 50.7 Å². The molecule has 3 fully saturated rings. The summed E-state index contributed by atoms with van der Waals surface area (Å²) in [4.78, 5) is 28.4. The molecular formula is C21H31ClN4O2. The number of halogens is 1. The van der Waals surface area contributed by atoms with E-state index < -0.39 is 0 Å². The number of anilines is 1. The summed E-state index contributed by atoms with van der Waals surface area (Å²) in [6, 6.07) is 8.36. The Morgan fingerprint density at radius 3 is 2.25 bits per heavy atom. The molecule has 0 bridgehead atoms. The Labute approximate surface area is 173 Å². The molecule has 1 atom stereocenters. The molecule has 6 nitrogen and oxygen atoms in total. The first kappa shape index (κ1) is 21.1. The number of piperidine rings is 2. The molecule has 1 aromatic carbocycles. The van der Waals surface area contributed by atoms with Crippen LogP contribution in [0.25, 0.3) is 0 Å². The van der Waals surface area contributed by atoms with Gasteiger partial charge in [0.15, 0.2) is 0 Å². The number of nitrogens with zero attached hydrogens (tertiary/aromatic N) is 2. The van der Waals surface area contributed by atoms with E-state index in [0.29, 0.717) is 12.8 Å². The fourth-order valence-electron chi connectivity index (χ4n) is 4.55. The van der Waals surface area contributed by atoms with E-state index in [2.05, 4.69) is 44.7 Å². The quantitative estimate of drug-likeness (QED) is 0.746. The molecule has 3 saturated heterocycles. The van der Waals surface area contributed by atoms with E-state index in [-0.39, 0.29) is 30.1 Å². The maximum Gasteiger partial charge on any atom is 0.234 e. The predicted molar refractivity (Wildman–Crippen MR) is 113 cm³/mol. The van der Waals surface area contributed by atoms with Gasteiger partial charge in [-0.15, -0.1) is 12.4 Å². The number of rotatable bonds is 4. The van der Waals surface area contributed by atoms with Crippen molar-refractivity contribution < 1.29 is 9.59 Å². The van der Waals surface area contributed by atoms with Gasteiger partial charge in [0.2, 0.25) is 11.8 Å². The number of amides is 2. The van der Waals surface area contributed by atoms with Gasteiger partial charge in [0.1, 0.15) is 0 Å². The molecule has 0 aromatic heterocycles. The Kier molecular flexibility index (Phi) is 7.32. The fraction of sp³-hybridized carbons (Fsp3) is 0.619. The first-order valence-electron chi connectivity index (χ1n) is 10.3. The van der Waals surface area contributed by atoms with Crippen LogP contribution < -0.4 is 15.5 Å². The highest BCUT2D eigenvalue weighted by atomic mass is 35.5. The molecule has 3 aliphatic heterocycles. The van der Waals surface area contributed by atoms with E-state index in [1.807, 2.05) is 0 Å². The topological polar surface area (TPSA) is 64.7 Å². The first-order chi connectivity index (χ1) is 13.2. The second kappa shape index (κ2) is 9.72. The zero-order chi connectivity index (χ0) is 18.6. The molecule has 154 valence electrons. The Morgan fingerprint density at radius 2 is 1.61 bits per heavy atom. The predicted octanol–water partition coefficient (Wildman–Crippen LogP) is 1.75. The lowest BCUT2D eigenvalue weighted by atomic mass is 9.90. The number of carbonyl (C=O) groups excluding carboxylic acids is 2. The van der Waals surface area contributed by atoms with Gasteiger partial charge < -0.3 is 10.2 Å². The number of benzene rings is 1. The van der Waals surface area contributed by atoms with Crippen LogP contribution in [0.3, 0.4) is 0 Å². The summed E-state index contributed by atoms with van der Waals surface area (Å²) in [7, 11) is 0. The highest BCUT2D eigenvalue weighted by Gasteiger charge is 2.28. The van der Waals surface area contributed by atoms with Crippen molar-refractivity contribution in [3.8, 4) is 0 Å². The lowest BCUT2D eigenvalue weighted by Crippen LogP contribution is -2.48. The van der Waals surface area contributed by atoms with E-state index in [0.717, 1.165) is 37.7 Å². The van der Waals surface area contributed by atoms with E-state index in [4.69, 9.17) is 0 Å². The third kappa shape index (κ3) is 5.04. The minimum Gasteiger partial charge on any atom is -0.369 e. The van der Waals surface area contributed by atoms with Crippen molar-refractivity contribution in [3.63, 3.8) is 0 Å². The van der Waals surface area contributed by atoms with Gasteiger partial charge in [-0.2, -0.15) is 0 Å². The Balaban J connectivity index is 0.00000225. The number of nitrogens with one attached hydrogen (secondary N) is 2. The van der Waals surface area contributed by atoms with Gasteiger partial charge >= 0.3 is 0 Å². The molecule has 3 aliphatic rings. The van der Waals surface area contributed by atoms with Crippen LogP contribution in [0, 0.1) is 5.92 Å². The number of hydrogen-bond donors (Lipinski definition) is 2. The molecule has 7 heteroatoms. The van der Waals surface area contributed by atoms with Crippen molar-refractivity contribution in [3.05, 3.63) is 29.8 Å². The van der Waals surface area contributed by atoms with Crippen molar-refractivity contribution in [2.45, 2.75) is 31.6 Å². The van der Waals surface area contributed by atoms with E-state index in [1.54, 1.807) is 0 Å². The van der Waals surface area contributed by atoms with Crippen molar-refractivity contribution >= 4 is 29.9 Å². The lowest BCUT2D eigenvalue weighted by Gasteiger charge is -2.38. The Hall–Kier alpha value is -1.63. The fourth-order valence-corrected chi connectivity index (χ4v) is 4.55. The number of imide groups is 1. The molecular weight excluding hydrogens is 376 g/mol. The molecule has 0 saturated carbocycles. The summed E-state index contributed by atoms with van der Waals surface area (Å²) in [6.45, 7) is 7.95.